The van der Waals surface area contributed by atoms with E-state index in [9.17, 15) is 0 Å². The van der Waals surface area contributed by atoms with Gasteiger partial charge in [-0.25, -0.2) is 4.98 Å². The van der Waals surface area contributed by atoms with E-state index in [1.807, 2.05) is 36.6 Å². The predicted molar refractivity (Wildman–Crippen MR) is 178 cm³/mol. The van der Waals surface area contributed by atoms with Crippen LogP contribution in [-0.2, 0) is 22.3 Å². The summed E-state index contributed by atoms with van der Waals surface area (Å²) in [4.78, 5) is 12.9. The van der Waals surface area contributed by atoms with Crippen LogP contribution in [0.1, 0.15) is 36.8 Å². The van der Waals surface area contributed by atoms with Crippen molar-refractivity contribution < 1.29 is 14.2 Å². The van der Waals surface area contributed by atoms with Gasteiger partial charge in [0, 0.05) is 51.5 Å². The van der Waals surface area contributed by atoms with Crippen molar-refractivity contribution in [2.75, 3.05) is 72.4 Å². The van der Waals surface area contributed by atoms with Crippen LogP contribution in [0.2, 0.25) is 5.02 Å². The van der Waals surface area contributed by atoms with Gasteiger partial charge < -0.3 is 24.8 Å². The molecule has 0 saturated heterocycles. The number of ether oxygens (including phenoxy) is 3. The minimum absolute atomic E-state index is 0.440. The molecule has 1 aromatic heterocycles. The summed E-state index contributed by atoms with van der Waals surface area (Å²) in [5, 5.41) is 7.23. The lowest BCUT2D eigenvalue weighted by atomic mass is 9.99. The highest BCUT2D eigenvalue weighted by atomic mass is 35.5. The van der Waals surface area contributed by atoms with Crippen molar-refractivity contribution in [1.29, 1.82) is 0 Å². The number of halogens is 1. The largest absolute Gasteiger partial charge is 0.494 e. The quantitative estimate of drug-likeness (QED) is 0.100. The second-order valence-electron chi connectivity index (χ2n) is 10.8. The van der Waals surface area contributed by atoms with Gasteiger partial charge in [0.25, 0.3) is 0 Å². The maximum absolute atomic E-state index is 6.52. The Morgan fingerprint density at radius 3 is 2.42 bits per heavy atom. The molecule has 4 rings (SSSR count). The first kappa shape index (κ1) is 33.3. The minimum atomic E-state index is 0.440. The Kier molecular flexibility index (Phi) is 13.2. The Morgan fingerprint density at radius 2 is 1.72 bits per heavy atom. The van der Waals surface area contributed by atoms with Gasteiger partial charge in [-0.2, -0.15) is 4.98 Å². The van der Waals surface area contributed by atoms with Crippen LogP contribution in [0.4, 0.5) is 23.1 Å². The second kappa shape index (κ2) is 17.0. The molecule has 0 fully saturated rings. The zero-order chi connectivity index (χ0) is 30.6. The van der Waals surface area contributed by atoms with Crippen LogP contribution in [0.15, 0.2) is 47.5 Å². The van der Waals surface area contributed by atoms with Crippen LogP contribution < -0.4 is 15.4 Å². The summed E-state index contributed by atoms with van der Waals surface area (Å²) < 4.78 is 18.7. The Bertz CT molecular complexity index is 1300. The van der Waals surface area contributed by atoms with Crippen molar-refractivity contribution in [2.24, 2.45) is 0 Å². The number of hydrogen-bond donors (Lipinski definition) is 2. The number of aromatic nitrogens is 2. The molecule has 3 aromatic rings. The number of methoxy groups -OCH3 is 3. The average molecular weight is 629 g/mol. The fraction of sp³-hybridized carbons (Fsp3) is 0.500. The summed E-state index contributed by atoms with van der Waals surface area (Å²) in [5.41, 5.74) is 4.35. The van der Waals surface area contributed by atoms with Gasteiger partial charge in [0.05, 0.1) is 24.7 Å². The van der Waals surface area contributed by atoms with E-state index in [4.69, 9.17) is 30.8 Å². The topological polar surface area (TPSA) is 84.0 Å². The van der Waals surface area contributed by atoms with E-state index < -0.39 is 0 Å². The Morgan fingerprint density at radius 1 is 0.977 bits per heavy atom. The fourth-order valence-corrected chi connectivity index (χ4v) is 6.45. The summed E-state index contributed by atoms with van der Waals surface area (Å²) in [6.45, 7) is 3.60. The predicted octanol–water partition coefficient (Wildman–Crippen LogP) is 6.82. The van der Waals surface area contributed by atoms with Crippen LogP contribution in [0.5, 0.6) is 5.75 Å². The first-order valence-electron chi connectivity index (χ1n) is 14.8. The molecule has 2 aromatic carbocycles. The molecule has 0 amide bonds. The highest BCUT2D eigenvalue weighted by Crippen LogP contribution is 2.38. The van der Waals surface area contributed by atoms with E-state index in [0.29, 0.717) is 22.8 Å². The first-order valence-corrected chi connectivity index (χ1v) is 16.0. The van der Waals surface area contributed by atoms with Gasteiger partial charge in [-0.3, -0.25) is 9.21 Å². The molecule has 0 radical (unpaired) electrons. The third-order valence-electron chi connectivity index (χ3n) is 7.50. The third-order valence-corrected chi connectivity index (χ3v) is 8.69. The highest BCUT2D eigenvalue weighted by Gasteiger charge is 2.25. The Balaban J connectivity index is 1.54. The van der Waals surface area contributed by atoms with Gasteiger partial charge >= 0.3 is 0 Å². The van der Waals surface area contributed by atoms with E-state index in [0.717, 1.165) is 86.8 Å². The standard InChI is InChI=1S/C32H45ClN6O3S/c1-38(2)43-29-14-7-6-13-27(29)35-31-26(33)22-34-32(37-31)36-28-16-15-23-21-24(11-8-12-25(23)30(28)42-5)39(17-9-19-40-3)18-10-20-41-4/h6-7,13-16,22,24H,8-12,17-21H2,1-5H3,(H2,34,35,36,37). The molecule has 0 spiro atoms. The van der Waals surface area contributed by atoms with Gasteiger partial charge in [0.2, 0.25) is 5.95 Å². The van der Waals surface area contributed by atoms with Crippen LogP contribution in [-0.4, -0.2) is 86.9 Å². The van der Waals surface area contributed by atoms with Gasteiger partial charge in [0.15, 0.2) is 5.82 Å². The molecule has 9 nitrogen and oxygen atoms in total. The third kappa shape index (κ3) is 9.44. The van der Waals surface area contributed by atoms with Crippen molar-refractivity contribution >= 4 is 46.7 Å². The second-order valence-corrected chi connectivity index (χ2v) is 12.6. The molecule has 0 bridgehead atoms. The number of nitrogens with zero attached hydrogens (tertiary/aromatic N) is 4. The van der Waals surface area contributed by atoms with Crippen molar-refractivity contribution in [3.05, 3.63) is 58.7 Å². The summed E-state index contributed by atoms with van der Waals surface area (Å²) in [6.07, 6.45) is 7.85. The number of hydrogen-bond acceptors (Lipinski definition) is 10. The van der Waals surface area contributed by atoms with Gasteiger partial charge in [-0.1, -0.05) is 29.8 Å². The normalized spacial score (nSPS) is 14.9. The molecule has 1 heterocycles. The molecule has 11 heteroatoms. The SMILES string of the molecule is COCCCN(CCCOC)C1CCCc2c(ccc(Nc3ncc(Cl)c(Nc4ccccc4SN(C)C)n3)c2OC)C1. The highest BCUT2D eigenvalue weighted by molar-refractivity contribution is 7.97. The molecule has 0 aliphatic heterocycles. The van der Waals surface area contributed by atoms with Crippen LogP contribution in [0, 0.1) is 0 Å². The molecule has 0 saturated carbocycles. The monoisotopic (exact) mass is 628 g/mol. The van der Waals surface area contributed by atoms with Crippen molar-refractivity contribution in [1.82, 2.24) is 19.2 Å². The lowest BCUT2D eigenvalue weighted by Gasteiger charge is -2.31. The van der Waals surface area contributed by atoms with E-state index in [1.165, 1.54) is 11.1 Å². The van der Waals surface area contributed by atoms with Gasteiger partial charge in [-0.15, -0.1) is 0 Å². The minimum Gasteiger partial charge on any atom is -0.494 e. The van der Waals surface area contributed by atoms with Gasteiger partial charge in [0.1, 0.15) is 10.8 Å². The van der Waals surface area contributed by atoms with Crippen molar-refractivity contribution in [3.63, 3.8) is 0 Å². The molecule has 1 atom stereocenters. The lowest BCUT2D eigenvalue weighted by Crippen LogP contribution is -2.39. The first-order chi connectivity index (χ1) is 20.9. The molecule has 43 heavy (non-hydrogen) atoms. The number of para-hydroxylation sites is 1. The van der Waals surface area contributed by atoms with E-state index in [1.54, 1.807) is 39.5 Å². The fourth-order valence-electron chi connectivity index (χ4n) is 5.56. The molecule has 1 aliphatic rings. The van der Waals surface area contributed by atoms with Crippen LogP contribution >= 0.6 is 23.5 Å². The number of rotatable bonds is 16. The number of fused-ring (bicyclic) bond motifs is 1. The molecule has 2 N–H and O–H groups in total. The summed E-state index contributed by atoms with van der Waals surface area (Å²) in [6, 6.07) is 12.8. The number of anilines is 4. The van der Waals surface area contributed by atoms with E-state index >= 15 is 0 Å². The Hall–Kier alpha value is -2.60. The maximum Gasteiger partial charge on any atom is 0.229 e. The molecule has 1 unspecified atom stereocenters. The maximum atomic E-state index is 6.52. The molecule has 1 aliphatic carbocycles. The average Bonchev–Trinajstić information content (AvgIpc) is 3.21. The van der Waals surface area contributed by atoms with Gasteiger partial charge in [-0.05, 0) is 93.9 Å². The summed E-state index contributed by atoms with van der Waals surface area (Å²) in [5.74, 6) is 1.82. The molecular weight excluding hydrogens is 584 g/mol. The zero-order valence-electron chi connectivity index (χ0n) is 26.0. The lowest BCUT2D eigenvalue weighted by molar-refractivity contribution is 0.125. The van der Waals surface area contributed by atoms with Crippen LogP contribution in [0.25, 0.3) is 0 Å². The smallest absolute Gasteiger partial charge is 0.229 e. The number of nitrogens with one attached hydrogen (secondary N) is 2. The van der Waals surface area contributed by atoms with E-state index in [2.05, 4.69) is 38.7 Å². The Labute approximate surface area is 265 Å². The summed E-state index contributed by atoms with van der Waals surface area (Å²) >= 11 is 8.15. The molecular formula is C32H45ClN6O3S. The molecule has 234 valence electrons. The number of benzene rings is 2. The van der Waals surface area contributed by atoms with Crippen molar-refractivity contribution in [2.45, 2.75) is 49.5 Å². The van der Waals surface area contributed by atoms with Crippen LogP contribution in [0.3, 0.4) is 0 Å². The zero-order valence-corrected chi connectivity index (χ0v) is 27.6. The summed E-state index contributed by atoms with van der Waals surface area (Å²) in [7, 11) is 9.30. The van der Waals surface area contributed by atoms with Crippen molar-refractivity contribution in [3.8, 4) is 5.75 Å². The van der Waals surface area contributed by atoms with E-state index in [-0.39, 0.29) is 0 Å².